The van der Waals surface area contributed by atoms with Gasteiger partial charge in [-0.25, -0.2) is 0 Å². The van der Waals surface area contributed by atoms with Crippen LogP contribution in [-0.2, 0) is 4.79 Å². The summed E-state index contributed by atoms with van der Waals surface area (Å²) < 4.78 is 7.96. The molecule has 2 aliphatic rings. The number of hydrogen-bond donors (Lipinski definition) is 0. The number of rotatable bonds is 2. The van der Waals surface area contributed by atoms with Crippen LogP contribution in [0.3, 0.4) is 0 Å². The van der Waals surface area contributed by atoms with Gasteiger partial charge >= 0.3 is 0 Å². The molecule has 1 fully saturated rings. The molecule has 0 aliphatic carbocycles. The Morgan fingerprint density at radius 3 is 3.08 bits per heavy atom. The molecule has 0 unspecified atom stereocenters. The molecule has 2 aliphatic heterocycles. The summed E-state index contributed by atoms with van der Waals surface area (Å²) in [6.07, 6.45) is 5.61. The highest BCUT2D eigenvalue weighted by Crippen LogP contribution is 2.35. The first-order valence-corrected chi connectivity index (χ1v) is 9.37. The van der Waals surface area contributed by atoms with Crippen molar-refractivity contribution in [3.05, 3.63) is 42.2 Å². The zero-order valence-corrected chi connectivity index (χ0v) is 14.5. The minimum Gasteiger partial charge on any atom is -0.479 e. The van der Waals surface area contributed by atoms with E-state index in [1.54, 1.807) is 11.8 Å². The smallest absolute Gasteiger partial charge is 0.264 e. The Labute approximate surface area is 146 Å². The number of nitrogens with zero attached hydrogens (tertiary/aromatic N) is 3. The molecular weight excluding hydrogens is 322 g/mol. The van der Waals surface area contributed by atoms with E-state index in [0.29, 0.717) is 12.3 Å². The van der Waals surface area contributed by atoms with Crippen molar-refractivity contribution in [2.75, 3.05) is 18.8 Å². The highest BCUT2D eigenvalue weighted by molar-refractivity contribution is 7.99. The molecular formula is C18H21N3O2S. The van der Waals surface area contributed by atoms with Crippen LogP contribution in [0.4, 0.5) is 0 Å². The van der Waals surface area contributed by atoms with Gasteiger partial charge in [0.1, 0.15) is 5.75 Å². The van der Waals surface area contributed by atoms with Crippen LogP contribution in [0.5, 0.6) is 5.75 Å². The first-order chi connectivity index (χ1) is 11.7. The average molecular weight is 343 g/mol. The largest absolute Gasteiger partial charge is 0.479 e. The molecule has 126 valence electrons. The summed E-state index contributed by atoms with van der Waals surface area (Å²) >= 11 is 1.70. The van der Waals surface area contributed by atoms with Gasteiger partial charge < -0.3 is 9.64 Å². The number of carbonyl (C=O) groups is 1. The molecule has 1 amide bonds. The number of fused-ring (bicyclic) bond motifs is 1. The molecule has 1 aromatic heterocycles. The lowest BCUT2D eigenvalue weighted by Gasteiger charge is -2.36. The summed E-state index contributed by atoms with van der Waals surface area (Å²) in [4.78, 5) is 16.0. The van der Waals surface area contributed by atoms with E-state index in [2.05, 4.69) is 11.3 Å². The van der Waals surface area contributed by atoms with Crippen LogP contribution < -0.4 is 4.74 Å². The zero-order valence-electron chi connectivity index (χ0n) is 13.7. The van der Waals surface area contributed by atoms with Gasteiger partial charge in [0.2, 0.25) is 0 Å². The fourth-order valence-corrected chi connectivity index (χ4v) is 4.32. The van der Waals surface area contributed by atoms with E-state index in [1.165, 1.54) is 0 Å². The van der Waals surface area contributed by atoms with E-state index in [9.17, 15) is 4.79 Å². The van der Waals surface area contributed by atoms with Gasteiger partial charge in [-0.2, -0.15) is 5.10 Å². The number of piperidine rings is 1. The fraction of sp³-hybridized carbons (Fsp3) is 0.444. The number of para-hydroxylation sites is 1. The van der Waals surface area contributed by atoms with Gasteiger partial charge in [0.25, 0.3) is 5.91 Å². The maximum atomic E-state index is 12.9. The summed E-state index contributed by atoms with van der Waals surface area (Å²) in [5, 5.41) is 4.42. The number of thioether (sulfide) groups is 1. The minimum absolute atomic E-state index is 0.102. The molecule has 24 heavy (non-hydrogen) atoms. The Balaban J connectivity index is 1.45. The van der Waals surface area contributed by atoms with E-state index in [1.807, 2.05) is 47.0 Å². The van der Waals surface area contributed by atoms with Crippen molar-refractivity contribution in [3.63, 3.8) is 0 Å². The second kappa shape index (κ2) is 6.51. The predicted molar refractivity (Wildman–Crippen MR) is 93.4 cm³/mol. The second-order valence-corrected chi connectivity index (χ2v) is 7.50. The number of amides is 1. The van der Waals surface area contributed by atoms with Gasteiger partial charge in [-0.1, -0.05) is 12.1 Å². The topological polar surface area (TPSA) is 47.4 Å². The monoisotopic (exact) mass is 343 g/mol. The number of aromatic nitrogens is 2. The molecule has 0 N–H and O–H groups in total. The fourth-order valence-electron chi connectivity index (χ4n) is 3.35. The van der Waals surface area contributed by atoms with Crippen LogP contribution in [0.2, 0.25) is 0 Å². The number of carbonyl (C=O) groups excluding carboxylic acids is 1. The molecule has 0 spiro atoms. The molecule has 2 atom stereocenters. The average Bonchev–Trinajstić information content (AvgIpc) is 3.07. The van der Waals surface area contributed by atoms with Crippen molar-refractivity contribution in [2.24, 2.45) is 0 Å². The third-order valence-corrected chi connectivity index (χ3v) is 5.71. The molecule has 6 heteroatoms. The molecule has 5 nitrogen and oxygen atoms in total. The summed E-state index contributed by atoms with van der Waals surface area (Å²) in [6, 6.07) is 8.19. The Hall–Kier alpha value is -1.95. The van der Waals surface area contributed by atoms with E-state index < -0.39 is 0 Å². The van der Waals surface area contributed by atoms with Crippen molar-refractivity contribution in [3.8, 4) is 5.75 Å². The molecule has 1 aromatic carbocycles. The molecule has 1 saturated heterocycles. The van der Waals surface area contributed by atoms with Crippen molar-refractivity contribution in [1.82, 2.24) is 14.7 Å². The molecule has 0 radical (unpaired) electrons. The van der Waals surface area contributed by atoms with Gasteiger partial charge in [-0.15, -0.1) is 11.8 Å². The highest BCUT2D eigenvalue weighted by Gasteiger charge is 2.33. The molecule has 0 saturated carbocycles. The van der Waals surface area contributed by atoms with Crippen LogP contribution in [0.25, 0.3) is 0 Å². The SMILES string of the molecule is Cc1cnn([C@@H]2CCCN(C(=O)[C@@H]3CSc4ccccc4O3)C2)c1. The predicted octanol–water partition coefficient (Wildman–Crippen LogP) is 2.91. The molecule has 2 aromatic rings. The summed E-state index contributed by atoms with van der Waals surface area (Å²) in [5.41, 5.74) is 1.15. The van der Waals surface area contributed by atoms with Crippen LogP contribution in [-0.4, -0.2) is 45.5 Å². The van der Waals surface area contributed by atoms with Crippen LogP contribution in [0, 0.1) is 6.92 Å². The summed E-state index contributed by atoms with van der Waals surface area (Å²) in [6.45, 7) is 3.56. The Bertz CT molecular complexity index is 745. The van der Waals surface area contributed by atoms with Gasteiger partial charge in [0.05, 0.1) is 12.2 Å². The lowest BCUT2D eigenvalue weighted by Crippen LogP contribution is -2.48. The van der Waals surface area contributed by atoms with Crippen molar-refractivity contribution in [1.29, 1.82) is 0 Å². The van der Waals surface area contributed by atoms with E-state index in [0.717, 1.165) is 35.6 Å². The number of ether oxygens (including phenoxy) is 1. The van der Waals surface area contributed by atoms with E-state index >= 15 is 0 Å². The highest BCUT2D eigenvalue weighted by atomic mass is 32.2. The van der Waals surface area contributed by atoms with Crippen LogP contribution >= 0.6 is 11.8 Å². The lowest BCUT2D eigenvalue weighted by molar-refractivity contribution is -0.139. The maximum Gasteiger partial charge on any atom is 0.264 e. The Kier molecular flexibility index (Phi) is 4.22. The standard InChI is InChI=1S/C18H21N3O2S/c1-13-9-19-21(10-13)14-5-4-8-20(11-14)18(22)16-12-24-17-7-3-2-6-15(17)23-16/h2-3,6-7,9-10,14,16H,4-5,8,11-12H2,1H3/t14-,16+/m1/s1. The number of likely N-dealkylation sites (tertiary alicyclic amines) is 1. The summed E-state index contributed by atoms with van der Waals surface area (Å²) in [7, 11) is 0. The maximum absolute atomic E-state index is 12.9. The second-order valence-electron chi connectivity index (χ2n) is 6.44. The Morgan fingerprint density at radius 1 is 1.38 bits per heavy atom. The third kappa shape index (κ3) is 3.02. The van der Waals surface area contributed by atoms with Crippen LogP contribution in [0.1, 0.15) is 24.4 Å². The Morgan fingerprint density at radius 2 is 2.25 bits per heavy atom. The number of hydrogen-bond acceptors (Lipinski definition) is 4. The first kappa shape index (κ1) is 15.6. The van der Waals surface area contributed by atoms with E-state index in [4.69, 9.17) is 4.74 Å². The van der Waals surface area contributed by atoms with Gasteiger partial charge in [0.15, 0.2) is 6.10 Å². The first-order valence-electron chi connectivity index (χ1n) is 8.39. The van der Waals surface area contributed by atoms with Crippen LogP contribution in [0.15, 0.2) is 41.6 Å². The molecule has 3 heterocycles. The third-order valence-electron chi connectivity index (χ3n) is 4.60. The van der Waals surface area contributed by atoms with Gasteiger partial charge in [0, 0.05) is 29.9 Å². The number of aryl methyl sites for hydroxylation is 1. The van der Waals surface area contributed by atoms with Gasteiger partial charge in [-0.05, 0) is 37.5 Å². The van der Waals surface area contributed by atoms with Crippen molar-refractivity contribution < 1.29 is 9.53 Å². The summed E-state index contributed by atoms with van der Waals surface area (Å²) in [5.74, 6) is 1.60. The lowest BCUT2D eigenvalue weighted by atomic mass is 10.1. The quantitative estimate of drug-likeness (QED) is 0.841. The molecule has 4 rings (SSSR count). The van der Waals surface area contributed by atoms with Crippen molar-refractivity contribution >= 4 is 17.7 Å². The molecule has 0 bridgehead atoms. The minimum atomic E-state index is -0.386. The van der Waals surface area contributed by atoms with Crippen molar-refractivity contribution in [2.45, 2.75) is 36.8 Å². The normalized spacial score (nSPS) is 23.5. The zero-order chi connectivity index (χ0) is 16.5. The van der Waals surface area contributed by atoms with E-state index in [-0.39, 0.29) is 18.1 Å². The van der Waals surface area contributed by atoms with Gasteiger partial charge in [-0.3, -0.25) is 9.48 Å². The number of benzene rings is 1.